The van der Waals surface area contributed by atoms with Crippen LogP contribution in [0.25, 0.3) is 10.9 Å². The van der Waals surface area contributed by atoms with Gasteiger partial charge in [0.15, 0.2) is 11.0 Å². The van der Waals surface area contributed by atoms with Gasteiger partial charge in [-0.05, 0) is 43.4 Å². The number of methoxy groups -OCH3 is 1. The van der Waals surface area contributed by atoms with Gasteiger partial charge in [0.05, 0.1) is 23.2 Å². The summed E-state index contributed by atoms with van der Waals surface area (Å²) in [6.45, 7) is 3.72. The number of piperazine rings is 1. The average molecular weight is 387 g/mol. The molecule has 1 aromatic heterocycles. The van der Waals surface area contributed by atoms with E-state index < -0.39 is 11.0 Å². The highest BCUT2D eigenvalue weighted by Crippen LogP contribution is 2.32. The van der Waals surface area contributed by atoms with E-state index >= 15 is 0 Å². The number of hydrogen-bond donors (Lipinski definition) is 0. The Labute approximate surface area is 160 Å². The predicted molar refractivity (Wildman–Crippen MR) is 106 cm³/mol. The Kier molecular flexibility index (Phi) is 4.88. The van der Waals surface area contributed by atoms with E-state index in [1.807, 2.05) is 12.1 Å². The van der Waals surface area contributed by atoms with Crippen LogP contribution in [0, 0.1) is 5.82 Å². The fraction of sp³-hybridized carbons (Fsp3) is 0.300. The number of ether oxygens (including phenoxy) is 1. The second-order valence-corrected chi connectivity index (χ2v) is 8.05. The van der Waals surface area contributed by atoms with Gasteiger partial charge in [-0.2, -0.15) is 0 Å². The summed E-state index contributed by atoms with van der Waals surface area (Å²) < 4.78 is 34.3. The number of fused-ring (bicyclic) bond motifs is 1. The zero-order valence-electron chi connectivity index (χ0n) is 15.4. The number of halogens is 1. The van der Waals surface area contributed by atoms with Crippen LogP contribution in [0.2, 0.25) is 0 Å². The first kappa shape index (κ1) is 18.0. The molecule has 5 nitrogen and oxygen atoms in total. The van der Waals surface area contributed by atoms with E-state index in [0.717, 1.165) is 37.6 Å². The van der Waals surface area contributed by atoms with Crippen LogP contribution in [0.1, 0.15) is 0 Å². The van der Waals surface area contributed by atoms with Gasteiger partial charge in [0.2, 0.25) is 0 Å². The van der Waals surface area contributed by atoms with Crippen molar-refractivity contribution in [3.63, 3.8) is 0 Å². The Morgan fingerprint density at radius 3 is 2.59 bits per heavy atom. The quantitative estimate of drug-likeness (QED) is 0.689. The molecule has 0 spiro atoms. The van der Waals surface area contributed by atoms with Crippen LogP contribution in [0.4, 0.5) is 10.1 Å². The lowest BCUT2D eigenvalue weighted by atomic mass is 10.2. The topological polar surface area (TPSA) is 37.7 Å². The van der Waals surface area contributed by atoms with Crippen LogP contribution in [-0.4, -0.2) is 53.4 Å². The molecular weight excluding hydrogens is 365 g/mol. The van der Waals surface area contributed by atoms with Crippen LogP contribution >= 0.6 is 0 Å². The molecule has 1 aliphatic heterocycles. The molecule has 1 unspecified atom stereocenters. The molecule has 1 fully saturated rings. The van der Waals surface area contributed by atoms with Crippen molar-refractivity contribution in [1.82, 2.24) is 8.87 Å². The smallest absolute Gasteiger partial charge is 0.157 e. The van der Waals surface area contributed by atoms with Crippen molar-refractivity contribution in [3.8, 4) is 5.75 Å². The Balaban J connectivity index is 1.72. The largest absolute Gasteiger partial charge is 0.495 e. The third-order valence-electron chi connectivity index (χ3n) is 5.02. The molecule has 1 atom stereocenters. The maximum Gasteiger partial charge on any atom is 0.157 e. The fourth-order valence-electron chi connectivity index (χ4n) is 3.44. The minimum atomic E-state index is -1.47. The lowest BCUT2D eigenvalue weighted by Gasteiger charge is -2.34. The summed E-state index contributed by atoms with van der Waals surface area (Å²) in [5.74, 6) is 0.458. The molecule has 1 aliphatic rings. The van der Waals surface area contributed by atoms with Gasteiger partial charge in [-0.3, -0.25) is 3.97 Å². The summed E-state index contributed by atoms with van der Waals surface area (Å²) in [6.07, 6.45) is 1.67. The monoisotopic (exact) mass is 387 g/mol. The Bertz CT molecular complexity index is 996. The highest BCUT2D eigenvalue weighted by molar-refractivity contribution is 7.83. The molecule has 2 aromatic carbocycles. The van der Waals surface area contributed by atoms with Gasteiger partial charge >= 0.3 is 0 Å². The number of anilines is 1. The van der Waals surface area contributed by atoms with Crippen molar-refractivity contribution in [1.29, 1.82) is 0 Å². The first-order chi connectivity index (χ1) is 13.1. The van der Waals surface area contributed by atoms with Crippen LogP contribution < -0.4 is 9.64 Å². The standard InChI is InChI=1S/C20H22FN3O2S/c1-22-10-12-23(13-11-22)19-14-15(6-7-20(19)26-2)27(25)24-9-8-16-17(21)4-3-5-18(16)24/h3-9,14H,10-13H2,1-2H3. The van der Waals surface area contributed by atoms with E-state index in [4.69, 9.17) is 4.74 Å². The van der Waals surface area contributed by atoms with Crippen LogP contribution in [0.5, 0.6) is 5.75 Å². The van der Waals surface area contributed by atoms with Crippen LogP contribution in [0.3, 0.4) is 0 Å². The first-order valence-electron chi connectivity index (χ1n) is 8.88. The molecule has 0 radical (unpaired) electrons. The highest BCUT2D eigenvalue weighted by atomic mass is 32.2. The van der Waals surface area contributed by atoms with Gasteiger partial charge in [0.1, 0.15) is 11.6 Å². The summed E-state index contributed by atoms with van der Waals surface area (Å²) in [5, 5.41) is 0.471. The van der Waals surface area contributed by atoms with Crippen LogP contribution in [-0.2, 0) is 11.0 Å². The van der Waals surface area contributed by atoms with Gasteiger partial charge in [-0.25, -0.2) is 8.60 Å². The zero-order chi connectivity index (χ0) is 19.0. The van der Waals surface area contributed by atoms with Gasteiger partial charge in [0.25, 0.3) is 0 Å². The van der Waals surface area contributed by atoms with Crippen molar-refractivity contribution in [2.75, 3.05) is 45.2 Å². The molecule has 27 heavy (non-hydrogen) atoms. The Morgan fingerprint density at radius 1 is 1.07 bits per heavy atom. The van der Waals surface area contributed by atoms with Crippen molar-refractivity contribution in [3.05, 3.63) is 54.5 Å². The molecule has 4 rings (SSSR count). The number of rotatable bonds is 4. The van der Waals surface area contributed by atoms with E-state index in [1.54, 1.807) is 41.5 Å². The Morgan fingerprint density at radius 2 is 1.85 bits per heavy atom. The lowest BCUT2D eigenvalue weighted by Crippen LogP contribution is -2.44. The fourth-order valence-corrected chi connectivity index (χ4v) is 4.57. The molecule has 7 heteroatoms. The molecule has 0 aliphatic carbocycles. The molecule has 1 saturated heterocycles. The predicted octanol–water partition coefficient (Wildman–Crippen LogP) is 3.11. The molecule has 0 N–H and O–H groups in total. The Hall–Kier alpha value is -2.38. The average Bonchev–Trinajstić information content (AvgIpc) is 3.13. The van der Waals surface area contributed by atoms with Gasteiger partial charge in [0, 0.05) is 37.8 Å². The van der Waals surface area contributed by atoms with E-state index in [-0.39, 0.29) is 5.82 Å². The highest BCUT2D eigenvalue weighted by Gasteiger charge is 2.20. The summed E-state index contributed by atoms with van der Waals surface area (Å²) in [7, 11) is 2.28. The summed E-state index contributed by atoms with van der Waals surface area (Å²) in [4.78, 5) is 5.20. The van der Waals surface area contributed by atoms with Crippen molar-refractivity contribution >= 4 is 27.6 Å². The van der Waals surface area contributed by atoms with Crippen molar-refractivity contribution in [2.24, 2.45) is 0 Å². The van der Waals surface area contributed by atoms with E-state index in [1.165, 1.54) is 6.07 Å². The molecule has 0 saturated carbocycles. The lowest BCUT2D eigenvalue weighted by molar-refractivity contribution is 0.311. The minimum Gasteiger partial charge on any atom is -0.495 e. The molecule has 2 heterocycles. The number of nitrogens with zero attached hydrogens (tertiary/aromatic N) is 3. The maximum atomic E-state index is 14.0. The minimum absolute atomic E-state index is 0.309. The normalized spacial score (nSPS) is 16.6. The molecule has 3 aromatic rings. The molecule has 142 valence electrons. The molecule has 0 amide bonds. The summed E-state index contributed by atoms with van der Waals surface area (Å²) in [5.41, 5.74) is 1.56. The SMILES string of the molecule is COc1ccc(S(=O)n2ccc3c(F)cccc32)cc1N1CCN(C)CC1. The first-order valence-corrected chi connectivity index (χ1v) is 9.98. The van der Waals surface area contributed by atoms with Crippen molar-refractivity contribution < 1.29 is 13.3 Å². The molecular formula is C20H22FN3O2S. The third kappa shape index (κ3) is 3.33. The van der Waals surface area contributed by atoms with Gasteiger partial charge in [-0.15, -0.1) is 0 Å². The maximum absolute atomic E-state index is 14.0. The summed E-state index contributed by atoms with van der Waals surface area (Å²) in [6, 6.07) is 12.1. The zero-order valence-corrected chi connectivity index (χ0v) is 16.2. The number of hydrogen-bond acceptors (Lipinski definition) is 4. The second-order valence-electron chi connectivity index (χ2n) is 6.69. The van der Waals surface area contributed by atoms with Gasteiger partial charge < -0.3 is 14.5 Å². The molecule has 0 bridgehead atoms. The number of likely N-dealkylation sites (N-methyl/N-ethyl adjacent to an activating group) is 1. The van der Waals surface area contributed by atoms with Crippen LogP contribution in [0.15, 0.2) is 53.6 Å². The number of benzene rings is 2. The number of aromatic nitrogens is 1. The van der Waals surface area contributed by atoms with E-state index in [2.05, 4.69) is 16.8 Å². The summed E-state index contributed by atoms with van der Waals surface area (Å²) >= 11 is 0. The third-order valence-corrected chi connectivity index (χ3v) is 6.35. The van der Waals surface area contributed by atoms with E-state index in [0.29, 0.717) is 15.8 Å². The van der Waals surface area contributed by atoms with E-state index in [9.17, 15) is 8.60 Å². The van der Waals surface area contributed by atoms with Crippen molar-refractivity contribution in [2.45, 2.75) is 4.90 Å². The second kappa shape index (κ2) is 7.32. The van der Waals surface area contributed by atoms with Gasteiger partial charge in [-0.1, -0.05) is 6.07 Å².